The van der Waals surface area contributed by atoms with Crippen molar-refractivity contribution in [2.24, 2.45) is 0 Å². The third kappa shape index (κ3) is 9.14. The lowest BCUT2D eigenvalue weighted by Crippen LogP contribution is -2.24. The fourth-order valence-corrected chi connectivity index (χ4v) is 0.809. The molecule has 0 aromatic carbocycles. The molecule has 1 N–H and O–H groups in total. The summed E-state index contributed by atoms with van der Waals surface area (Å²) in [5, 5.41) is 2.60. The van der Waals surface area contributed by atoms with E-state index in [0.717, 1.165) is 19.4 Å². The molecule has 0 aromatic rings. The number of unbranched alkanes of at least 4 members (excludes halogenated alkanes) is 1. The monoisotopic (exact) mass is 189 g/mol. The zero-order valence-electron chi connectivity index (χ0n) is 8.63. The van der Waals surface area contributed by atoms with Gasteiger partial charge in [0, 0.05) is 13.2 Å². The van der Waals surface area contributed by atoms with Gasteiger partial charge in [0.2, 0.25) is 0 Å². The quantitative estimate of drug-likeness (QED) is 0.645. The number of nitrogens with one attached hydrogen (secondary N) is 1. The maximum Gasteiger partial charge on any atom is 0.406 e. The van der Waals surface area contributed by atoms with Crippen LogP contribution in [0.4, 0.5) is 4.79 Å². The summed E-state index contributed by atoms with van der Waals surface area (Å²) < 4.78 is 9.74. The van der Waals surface area contributed by atoms with Gasteiger partial charge in [-0.3, -0.25) is 0 Å². The normalized spacial score (nSPS) is 10.2. The molecule has 78 valence electrons. The van der Waals surface area contributed by atoms with Gasteiger partial charge in [0.25, 0.3) is 0 Å². The lowest BCUT2D eigenvalue weighted by molar-refractivity contribution is 0.0759. The van der Waals surface area contributed by atoms with E-state index in [1.54, 1.807) is 0 Å². The van der Waals surface area contributed by atoms with E-state index in [2.05, 4.69) is 10.1 Å². The Morgan fingerprint density at radius 3 is 2.62 bits per heavy atom. The van der Waals surface area contributed by atoms with E-state index >= 15 is 0 Å². The molecule has 0 rings (SSSR count). The number of carbonyl (C=O) groups is 1. The number of hydrogen-bond donors (Lipinski definition) is 1. The smallest absolute Gasteiger partial charge is 0.406 e. The molecule has 0 atom stereocenters. The first-order valence-corrected chi connectivity index (χ1v) is 4.60. The van der Waals surface area contributed by atoms with E-state index in [1.165, 1.54) is 7.11 Å². The minimum absolute atomic E-state index is 0.286. The van der Waals surface area contributed by atoms with Crippen molar-refractivity contribution in [1.82, 2.24) is 5.32 Å². The van der Waals surface area contributed by atoms with Crippen LogP contribution in [0.5, 0.6) is 0 Å². The molecule has 0 saturated heterocycles. The minimum atomic E-state index is -0.371. The molecule has 0 aliphatic rings. The highest BCUT2D eigenvalue weighted by Gasteiger charge is 1.97. The molecule has 4 nitrogen and oxygen atoms in total. The summed E-state index contributed by atoms with van der Waals surface area (Å²) in [5.74, 6) is 0. The van der Waals surface area contributed by atoms with Gasteiger partial charge in [-0.25, -0.2) is 4.79 Å². The molecule has 0 spiro atoms. The first-order chi connectivity index (χ1) is 6.16. The molecular formula is C9H19NO3. The zero-order chi connectivity index (χ0) is 10.1. The highest BCUT2D eigenvalue weighted by molar-refractivity contribution is 5.66. The predicted octanol–water partition coefficient (Wildman–Crippen LogP) is 1.55. The topological polar surface area (TPSA) is 47.6 Å². The number of amides is 1. The van der Waals surface area contributed by atoms with E-state index in [0.29, 0.717) is 6.54 Å². The summed E-state index contributed by atoms with van der Waals surface area (Å²) >= 11 is 0. The second-order valence-electron chi connectivity index (χ2n) is 3.05. The predicted molar refractivity (Wildman–Crippen MR) is 50.7 cm³/mol. The molecule has 0 bridgehead atoms. The summed E-state index contributed by atoms with van der Waals surface area (Å²) in [6.45, 7) is 5.41. The highest BCUT2D eigenvalue weighted by atomic mass is 16.5. The molecule has 0 aromatic heterocycles. The number of hydrogen-bond acceptors (Lipinski definition) is 3. The summed E-state index contributed by atoms with van der Waals surface area (Å²) in [5.41, 5.74) is 0. The lowest BCUT2D eigenvalue weighted by Gasteiger charge is -2.07. The molecule has 0 aliphatic heterocycles. The Kier molecular flexibility index (Phi) is 7.39. The van der Waals surface area contributed by atoms with Gasteiger partial charge in [-0.15, -0.1) is 0 Å². The molecule has 0 aliphatic carbocycles. The van der Waals surface area contributed by atoms with Crippen LogP contribution in [0, 0.1) is 0 Å². The molecule has 13 heavy (non-hydrogen) atoms. The highest BCUT2D eigenvalue weighted by Crippen LogP contribution is 1.93. The molecule has 0 fully saturated rings. The van der Waals surface area contributed by atoms with Crippen molar-refractivity contribution in [2.75, 3.05) is 20.3 Å². The minimum Gasteiger partial charge on any atom is -0.453 e. The van der Waals surface area contributed by atoms with Crippen LogP contribution in [-0.2, 0) is 9.47 Å². The van der Waals surface area contributed by atoms with Crippen molar-refractivity contribution in [3.63, 3.8) is 0 Å². The van der Waals surface area contributed by atoms with Gasteiger partial charge in [-0.1, -0.05) is 0 Å². The second kappa shape index (κ2) is 7.86. The van der Waals surface area contributed by atoms with Crippen LogP contribution in [0.1, 0.15) is 26.7 Å². The number of methoxy groups -OCH3 is 1. The SMILES string of the molecule is COC(=O)NCCCCOC(C)C. The third-order valence-electron chi connectivity index (χ3n) is 1.48. The van der Waals surface area contributed by atoms with Crippen LogP contribution in [0.2, 0.25) is 0 Å². The Bertz CT molecular complexity index is 137. The van der Waals surface area contributed by atoms with Crippen molar-refractivity contribution in [1.29, 1.82) is 0 Å². The first-order valence-electron chi connectivity index (χ1n) is 4.60. The number of alkyl carbamates (subject to hydrolysis) is 1. The van der Waals surface area contributed by atoms with Crippen molar-refractivity contribution < 1.29 is 14.3 Å². The van der Waals surface area contributed by atoms with E-state index in [4.69, 9.17) is 4.74 Å². The molecule has 0 heterocycles. The van der Waals surface area contributed by atoms with Gasteiger partial charge < -0.3 is 14.8 Å². The van der Waals surface area contributed by atoms with Gasteiger partial charge in [0.15, 0.2) is 0 Å². The fraction of sp³-hybridized carbons (Fsp3) is 0.889. The van der Waals surface area contributed by atoms with Crippen molar-refractivity contribution >= 4 is 6.09 Å². The summed E-state index contributed by atoms with van der Waals surface area (Å²) in [6.07, 6.45) is 1.79. The van der Waals surface area contributed by atoms with Gasteiger partial charge in [-0.2, -0.15) is 0 Å². The van der Waals surface area contributed by atoms with Crippen molar-refractivity contribution in [3.8, 4) is 0 Å². The average Bonchev–Trinajstić information content (AvgIpc) is 2.10. The Morgan fingerprint density at radius 2 is 2.08 bits per heavy atom. The standard InChI is InChI=1S/C9H19NO3/c1-8(2)13-7-5-4-6-10-9(11)12-3/h8H,4-7H2,1-3H3,(H,10,11). The first kappa shape index (κ1) is 12.2. The summed E-state index contributed by atoms with van der Waals surface area (Å²) in [7, 11) is 1.36. The molecular weight excluding hydrogens is 170 g/mol. The van der Waals surface area contributed by atoms with E-state index in [9.17, 15) is 4.79 Å². The van der Waals surface area contributed by atoms with E-state index in [-0.39, 0.29) is 12.2 Å². The van der Waals surface area contributed by atoms with Crippen LogP contribution < -0.4 is 5.32 Å². The van der Waals surface area contributed by atoms with Gasteiger partial charge >= 0.3 is 6.09 Å². The second-order valence-corrected chi connectivity index (χ2v) is 3.05. The number of rotatable bonds is 6. The number of carbonyl (C=O) groups excluding carboxylic acids is 1. The Labute approximate surface area is 79.6 Å². The third-order valence-corrected chi connectivity index (χ3v) is 1.48. The Morgan fingerprint density at radius 1 is 1.38 bits per heavy atom. The van der Waals surface area contributed by atoms with Crippen LogP contribution in [0.3, 0.4) is 0 Å². The van der Waals surface area contributed by atoms with Gasteiger partial charge in [0.1, 0.15) is 0 Å². The van der Waals surface area contributed by atoms with Gasteiger partial charge in [-0.05, 0) is 26.7 Å². The maximum atomic E-state index is 10.6. The Balaban J connectivity index is 3.04. The lowest BCUT2D eigenvalue weighted by atomic mass is 10.3. The van der Waals surface area contributed by atoms with Crippen LogP contribution in [0.25, 0.3) is 0 Å². The zero-order valence-corrected chi connectivity index (χ0v) is 8.63. The van der Waals surface area contributed by atoms with E-state index < -0.39 is 0 Å². The van der Waals surface area contributed by atoms with Crippen LogP contribution >= 0.6 is 0 Å². The summed E-state index contributed by atoms with van der Waals surface area (Å²) in [6, 6.07) is 0. The van der Waals surface area contributed by atoms with Crippen LogP contribution in [0.15, 0.2) is 0 Å². The molecule has 0 radical (unpaired) electrons. The fourth-order valence-electron chi connectivity index (χ4n) is 0.809. The maximum absolute atomic E-state index is 10.6. The van der Waals surface area contributed by atoms with E-state index in [1.807, 2.05) is 13.8 Å². The van der Waals surface area contributed by atoms with Crippen LogP contribution in [-0.4, -0.2) is 32.5 Å². The van der Waals surface area contributed by atoms with Crippen molar-refractivity contribution in [3.05, 3.63) is 0 Å². The molecule has 0 saturated carbocycles. The van der Waals surface area contributed by atoms with Crippen molar-refractivity contribution in [2.45, 2.75) is 32.8 Å². The molecule has 1 amide bonds. The largest absolute Gasteiger partial charge is 0.453 e. The average molecular weight is 189 g/mol. The Hall–Kier alpha value is -0.770. The summed E-state index contributed by atoms with van der Waals surface area (Å²) in [4.78, 5) is 10.6. The number of ether oxygens (including phenoxy) is 2. The molecule has 0 unspecified atom stereocenters. The molecule has 4 heteroatoms. The van der Waals surface area contributed by atoms with Gasteiger partial charge in [0.05, 0.1) is 13.2 Å².